The second-order valence-corrected chi connectivity index (χ2v) is 9.44. The van der Waals surface area contributed by atoms with Gasteiger partial charge in [-0.1, -0.05) is 87.1 Å². The number of hydrogen-bond acceptors (Lipinski definition) is 5. The van der Waals surface area contributed by atoms with Crippen molar-refractivity contribution in [3.63, 3.8) is 0 Å². The molecule has 5 heteroatoms. The van der Waals surface area contributed by atoms with E-state index in [0.29, 0.717) is 22.2 Å². The van der Waals surface area contributed by atoms with E-state index in [9.17, 15) is 9.90 Å². The van der Waals surface area contributed by atoms with E-state index in [2.05, 4.69) is 43.1 Å². The number of thioether (sulfide) groups is 1. The molecule has 1 unspecified atom stereocenters. The molecule has 0 amide bonds. The van der Waals surface area contributed by atoms with Crippen LogP contribution in [0.2, 0.25) is 0 Å². The summed E-state index contributed by atoms with van der Waals surface area (Å²) in [7, 11) is 0. The summed E-state index contributed by atoms with van der Waals surface area (Å²) in [5.41, 5.74) is 4.68. The van der Waals surface area contributed by atoms with E-state index in [1.54, 1.807) is 6.07 Å². The van der Waals surface area contributed by atoms with Crippen molar-refractivity contribution in [1.29, 1.82) is 0 Å². The van der Waals surface area contributed by atoms with Crippen LogP contribution in [0.1, 0.15) is 53.7 Å². The predicted molar refractivity (Wildman–Crippen MR) is 129 cm³/mol. The Morgan fingerprint density at radius 3 is 2.41 bits per heavy atom. The molecule has 0 spiro atoms. The quantitative estimate of drug-likeness (QED) is 0.233. The van der Waals surface area contributed by atoms with Crippen LogP contribution in [0, 0.1) is 5.92 Å². The molecule has 1 aromatic heterocycles. The summed E-state index contributed by atoms with van der Waals surface area (Å²) >= 11 is 1.48. The van der Waals surface area contributed by atoms with Crippen molar-refractivity contribution in [1.82, 2.24) is 4.98 Å². The van der Waals surface area contributed by atoms with Crippen molar-refractivity contribution >= 4 is 28.6 Å². The standard InChI is InChI=1S/C27H27NO3S/c1-17(2)13-19-9-11-21(12-10-19)18(3)26(30)22-14-23-25(15-24(22)29)31-27(28-23)32-16-20-7-5-4-6-8-20/h4-12,14-15,17-18,29H,13,16H2,1-3H3. The van der Waals surface area contributed by atoms with E-state index < -0.39 is 0 Å². The highest BCUT2D eigenvalue weighted by molar-refractivity contribution is 7.98. The van der Waals surface area contributed by atoms with E-state index in [0.717, 1.165) is 17.7 Å². The average Bonchev–Trinajstić information content (AvgIpc) is 3.18. The number of benzene rings is 3. The van der Waals surface area contributed by atoms with Gasteiger partial charge in [0.15, 0.2) is 11.4 Å². The van der Waals surface area contributed by atoms with Gasteiger partial charge in [0.2, 0.25) is 0 Å². The monoisotopic (exact) mass is 445 g/mol. The molecule has 0 saturated carbocycles. The molecular weight excluding hydrogens is 418 g/mol. The smallest absolute Gasteiger partial charge is 0.257 e. The second kappa shape index (κ2) is 9.61. The maximum absolute atomic E-state index is 13.2. The van der Waals surface area contributed by atoms with Crippen molar-refractivity contribution in [3.05, 3.63) is 89.0 Å². The van der Waals surface area contributed by atoms with Gasteiger partial charge in [-0.2, -0.15) is 0 Å². The lowest BCUT2D eigenvalue weighted by atomic mass is 9.90. The van der Waals surface area contributed by atoms with E-state index >= 15 is 0 Å². The largest absolute Gasteiger partial charge is 0.507 e. The molecule has 3 aromatic carbocycles. The minimum absolute atomic E-state index is 0.0819. The Balaban J connectivity index is 1.52. The van der Waals surface area contributed by atoms with Gasteiger partial charge in [0.05, 0.1) is 5.56 Å². The molecule has 164 valence electrons. The Labute approximate surface area is 192 Å². The van der Waals surface area contributed by atoms with Crippen molar-refractivity contribution in [2.75, 3.05) is 0 Å². The van der Waals surface area contributed by atoms with Gasteiger partial charge in [-0.15, -0.1) is 0 Å². The first kappa shape index (κ1) is 22.2. The number of fused-ring (bicyclic) bond motifs is 1. The van der Waals surface area contributed by atoms with Gasteiger partial charge in [0, 0.05) is 17.7 Å². The fourth-order valence-electron chi connectivity index (χ4n) is 3.72. The van der Waals surface area contributed by atoms with Crippen molar-refractivity contribution < 1.29 is 14.3 Å². The normalized spacial score (nSPS) is 12.4. The maximum atomic E-state index is 13.2. The van der Waals surface area contributed by atoms with Gasteiger partial charge >= 0.3 is 0 Å². The lowest BCUT2D eigenvalue weighted by Gasteiger charge is -2.13. The van der Waals surface area contributed by atoms with Crippen molar-refractivity contribution in [3.8, 4) is 5.75 Å². The van der Waals surface area contributed by atoms with Crippen LogP contribution in [-0.4, -0.2) is 15.9 Å². The number of carbonyl (C=O) groups excluding carboxylic acids is 1. The summed E-state index contributed by atoms with van der Waals surface area (Å²) in [6.45, 7) is 6.25. The fraction of sp³-hybridized carbons (Fsp3) is 0.259. The van der Waals surface area contributed by atoms with E-state index in [1.807, 2.05) is 37.3 Å². The molecule has 0 fully saturated rings. The predicted octanol–water partition coefficient (Wildman–Crippen LogP) is 7.01. The highest BCUT2D eigenvalue weighted by Gasteiger charge is 2.22. The van der Waals surface area contributed by atoms with Crippen LogP contribution in [0.15, 0.2) is 76.4 Å². The number of nitrogens with zero attached hydrogens (tertiary/aromatic N) is 1. The first-order chi connectivity index (χ1) is 15.4. The Bertz CT molecular complexity index is 1210. The molecule has 4 rings (SSSR count). The Kier molecular flexibility index (Phi) is 6.66. The molecule has 0 aliphatic carbocycles. The van der Waals surface area contributed by atoms with Gasteiger partial charge in [-0.05, 0) is 35.1 Å². The van der Waals surface area contributed by atoms with Crippen LogP contribution >= 0.6 is 11.8 Å². The molecule has 0 radical (unpaired) electrons. The van der Waals surface area contributed by atoms with Gasteiger partial charge in [0.25, 0.3) is 5.22 Å². The number of Topliss-reactive ketones (excluding diaryl/α,β-unsaturated/α-hetero) is 1. The fourth-order valence-corrected chi connectivity index (χ4v) is 4.51. The summed E-state index contributed by atoms with van der Waals surface area (Å²) in [4.78, 5) is 17.7. The number of phenols is 1. The molecule has 1 N–H and O–H groups in total. The molecule has 0 aliphatic heterocycles. The zero-order valence-corrected chi connectivity index (χ0v) is 19.4. The van der Waals surface area contributed by atoms with Crippen molar-refractivity contribution in [2.24, 2.45) is 5.92 Å². The molecule has 4 nitrogen and oxygen atoms in total. The van der Waals surface area contributed by atoms with Gasteiger partial charge in [0.1, 0.15) is 11.3 Å². The number of oxazole rings is 1. The highest BCUT2D eigenvalue weighted by atomic mass is 32.2. The van der Waals surface area contributed by atoms with Crippen LogP contribution < -0.4 is 0 Å². The minimum Gasteiger partial charge on any atom is -0.507 e. The van der Waals surface area contributed by atoms with Crippen LogP contribution in [0.25, 0.3) is 11.1 Å². The first-order valence-corrected chi connectivity index (χ1v) is 11.8. The van der Waals surface area contributed by atoms with Crippen LogP contribution in [0.5, 0.6) is 5.75 Å². The summed E-state index contributed by atoms with van der Waals surface area (Å²) in [5.74, 6) is 0.728. The Morgan fingerprint density at radius 2 is 1.72 bits per heavy atom. The average molecular weight is 446 g/mol. The summed E-state index contributed by atoms with van der Waals surface area (Å²) in [5, 5.41) is 11.0. The lowest BCUT2D eigenvalue weighted by Crippen LogP contribution is -2.10. The Hall–Kier alpha value is -3.05. The molecule has 1 heterocycles. The number of ketones is 1. The maximum Gasteiger partial charge on any atom is 0.257 e. The summed E-state index contributed by atoms with van der Waals surface area (Å²) in [6, 6.07) is 21.4. The Morgan fingerprint density at radius 1 is 1.00 bits per heavy atom. The number of phenolic OH excluding ortho intramolecular Hbond substituents is 1. The lowest BCUT2D eigenvalue weighted by molar-refractivity contribution is 0.0963. The van der Waals surface area contributed by atoms with Crippen LogP contribution in [-0.2, 0) is 12.2 Å². The third-order valence-electron chi connectivity index (χ3n) is 5.47. The third kappa shape index (κ3) is 5.05. The second-order valence-electron chi connectivity index (χ2n) is 8.52. The zero-order valence-electron chi connectivity index (χ0n) is 18.5. The number of carbonyl (C=O) groups is 1. The zero-order chi connectivity index (χ0) is 22.7. The topological polar surface area (TPSA) is 63.3 Å². The first-order valence-electron chi connectivity index (χ1n) is 10.8. The molecule has 32 heavy (non-hydrogen) atoms. The van der Waals surface area contributed by atoms with Gasteiger partial charge in [-0.3, -0.25) is 4.79 Å². The molecule has 4 aromatic rings. The molecule has 1 atom stereocenters. The van der Waals surface area contributed by atoms with E-state index in [-0.39, 0.29) is 23.0 Å². The highest BCUT2D eigenvalue weighted by Crippen LogP contribution is 2.33. The summed E-state index contributed by atoms with van der Waals surface area (Å²) in [6.07, 6.45) is 1.01. The van der Waals surface area contributed by atoms with Crippen LogP contribution in [0.3, 0.4) is 0 Å². The van der Waals surface area contributed by atoms with E-state index in [1.165, 1.54) is 29.0 Å². The van der Waals surface area contributed by atoms with Gasteiger partial charge in [-0.25, -0.2) is 4.98 Å². The third-order valence-corrected chi connectivity index (χ3v) is 6.37. The van der Waals surface area contributed by atoms with E-state index in [4.69, 9.17) is 4.42 Å². The number of aromatic nitrogens is 1. The summed E-state index contributed by atoms with van der Waals surface area (Å²) < 4.78 is 5.78. The molecule has 0 aliphatic rings. The minimum atomic E-state index is -0.370. The van der Waals surface area contributed by atoms with Crippen molar-refractivity contribution in [2.45, 2.75) is 44.1 Å². The molecular formula is C27H27NO3S. The molecule has 0 saturated heterocycles. The SMILES string of the molecule is CC(C)Cc1ccc(C(C)C(=O)c2cc3nc(SCc4ccccc4)oc3cc2O)cc1. The number of rotatable bonds is 8. The van der Waals surface area contributed by atoms with Crippen LogP contribution in [0.4, 0.5) is 0 Å². The van der Waals surface area contributed by atoms with Gasteiger partial charge < -0.3 is 9.52 Å². The number of hydrogen-bond donors (Lipinski definition) is 1. The molecule has 0 bridgehead atoms. The number of aromatic hydroxyl groups is 1.